The lowest BCUT2D eigenvalue weighted by Gasteiger charge is -2.05. The molecule has 2 N–H and O–H groups in total. The Kier molecular flexibility index (Phi) is 2.87. The molecule has 0 aromatic carbocycles. The summed E-state index contributed by atoms with van der Waals surface area (Å²) < 4.78 is 5.20. The molecule has 3 nitrogen and oxygen atoms in total. The van der Waals surface area contributed by atoms with Gasteiger partial charge in [0.25, 0.3) is 0 Å². The number of rotatable bonds is 3. The van der Waals surface area contributed by atoms with Crippen molar-refractivity contribution in [1.82, 2.24) is 5.16 Å². The molecule has 1 unspecified atom stereocenters. The molecule has 0 radical (unpaired) electrons. The number of aromatic nitrogens is 1. The highest BCUT2D eigenvalue weighted by Crippen LogP contribution is 2.23. The van der Waals surface area contributed by atoms with Gasteiger partial charge in [-0.2, -0.15) is 0 Å². The summed E-state index contributed by atoms with van der Waals surface area (Å²) in [6.07, 6.45) is 0.954. The lowest BCUT2D eigenvalue weighted by atomic mass is 10.0. The van der Waals surface area contributed by atoms with E-state index in [1.54, 1.807) is 0 Å². The van der Waals surface area contributed by atoms with Crippen molar-refractivity contribution < 1.29 is 4.52 Å². The minimum atomic E-state index is 0.385. The van der Waals surface area contributed by atoms with E-state index in [0.29, 0.717) is 12.5 Å². The predicted molar refractivity (Wildman–Crippen MR) is 48.1 cm³/mol. The van der Waals surface area contributed by atoms with E-state index in [1.807, 2.05) is 13.8 Å². The number of nitrogens with two attached hydrogens (primary N) is 1. The van der Waals surface area contributed by atoms with Gasteiger partial charge in [0, 0.05) is 11.5 Å². The van der Waals surface area contributed by atoms with E-state index in [1.165, 1.54) is 0 Å². The van der Waals surface area contributed by atoms with Gasteiger partial charge in [-0.05, 0) is 26.8 Å². The third-order valence-electron chi connectivity index (χ3n) is 2.24. The molecule has 0 aliphatic heterocycles. The Morgan fingerprint density at radius 2 is 2.17 bits per heavy atom. The Morgan fingerprint density at radius 3 is 2.58 bits per heavy atom. The molecule has 1 aromatic rings. The van der Waals surface area contributed by atoms with Crippen molar-refractivity contribution in [2.45, 2.75) is 33.1 Å². The van der Waals surface area contributed by atoms with Gasteiger partial charge in [-0.1, -0.05) is 12.1 Å². The maximum absolute atomic E-state index is 5.46. The molecule has 1 atom stereocenters. The summed E-state index contributed by atoms with van der Waals surface area (Å²) in [4.78, 5) is 0. The van der Waals surface area contributed by atoms with E-state index in [-0.39, 0.29) is 0 Å². The quantitative estimate of drug-likeness (QED) is 0.748. The molecule has 12 heavy (non-hydrogen) atoms. The van der Waals surface area contributed by atoms with Crippen LogP contribution in [0.25, 0.3) is 0 Å². The first-order valence-corrected chi connectivity index (χ1v) is 4.29. The molecule has 0 saturated carbocycles. The van der Waals surface area contributed by atoms with Crippen LogP contribution in [0.3, 0.4) is 0 Å². The van der Waals surface area contributed by atoms with E-state index >= 15 is 0 Å². The van der Waals surface area contributed by atoms with Crippen LogP contribution in [-0.2, 0) is 0 Å². The lowest BCUT2D eigenvalue weighted by Crippen LogP contribution is -2.04. The highest BCUT2D eigenvalue weighted by atomic mass is 16.5. The van der Waals surface area contributed by atoms with Crippen LogP contribution in [0, 0.1) is 13.8 Å². The van der Waals surface area contributed by atoms with Gasteiger partial charge in [0.2, 0.25) is 0 Å². The van der Waals surface area contributed by atoms with Gasteiger partial charge in [-0.3, -0.25) is 0 Å². The second-order valence-corrected chi connectivity index (χ2v) is 3.24. The van der Waals surface area contributed by atoms with Crippen molar-refractivity contribution in [2.24, 2.45) is 5.73 Å². The van der Waals surface area contributed by atoms with Gasteiger partial charge in [-0.15, -0.1) is 0 Å². The zero-order valence-electron chi connectivity index (χ0n) is 7.92. The normalized spacial score (nSPS) is 13.3. The van der Waals surface area contributed by atoms with E-state index in [4.69, 9.17) is 10.3 Å². The maximum Gasteiger partial charge on any atom is 0.142 e. The van der Waals surface area contributed by atoms with E-state index < -0.39 is 0 Å². The number of hydrogen-bond acceptors (Lipinski definition) is 3. The zero-order valence-corrected chi connectivity index (χ0v) is 7.92. The molecule has 0 aliphatic carbocycles. The maximum atomic E-state index is 5.46. The Labute approximate surface area is 72.9 Å². The average Bonchev–Trinajstić information content (AvgIpc) is 2.34. The van der Waals surface area contributed by atoms with Gasteiger partial charge < -0.3 is 10.3 Å². The molecule has 0 amide bonds. The van der Waals surface area contributed by atoms with Crippen molar-refractivity contribution in [3.05, 3.63) is 17.0 Å². The summed E-state index contributed by atoms with van der Waals surface area (Å²) in [5.74, 6) is 1.37. The Bertz CT molecular complexity index is 255. The second-order valence-electron chi connectivity index (χ2n) is 3.24. The third-order valence-corrected chi connectivity index (χ3v) is 2.24. The smallest absolute Gasteiger partial charge is 0.142 e. The minimum Gasteiger partial charge on any atom is -0.361 e. The zero-order chi connectivity index (χ0) is 9.14. The predicted octanol–water partition coefficient (Wildman–Crippen LogP) is 1.74. The molecule has 0 bridgehead atoms. The van der Waals surface area contributed by atoms with Gasteiger partial charge in [0.1, 0.15) is 5.76 Å². The molecule has 3 heteroatoms. The summed E-state index contributed by atoms with van der Waals surface area (Å²) in [5.41, 5.74) is 7.60. The van der Waals surface area contributed by atoms with Gasteiger partial charge in [-0.25, -0.2) is 0 Å². The summed E-state index contributed by atoms with van der Waals surface area (Å²) in [6, 6.07) is 0. The fourth-order valence-electron chi connectivity index (χ4n) is 1.27. The van der Waals surface area contributed by atoms with E-state index in [0.717, 1.165) is 23.4 Å². The van der Waals surface area contributed by atoms with Crippen molar-refractivity contribution in [1.29, 1.82) is 0 Å². The lowest BCUT2D eigenvalue weighted by molar-refractivity contribution is 0.357. The van der Waals surface area contributed by atoms with Gasteiger partial charge in [0.15, 0.2) is 0 Å². The third kappa shape index (κ3) is 1.67. The Morgan fingerprint density at radius 1 is 1.50 bits per heavy atom. The molecule has 1 heterocycles. The molecule has 0 fully saturated rings. The summed E-state index contributed by atoms with van der Waals surface area (Å²) >= 11 is 0. The van der Waals surface area contributed by atoms with Crippen LogP contribution in [-0.4, -0.2) is 11.7 Å². The Hall–Kier alpha value is -0.830. The minimum absolute atomic E-state index is 0.385. The molecule has 1 aromatic heterocycles. The summed E-state index contributed by atoms with van der Waals surface area (Å²) in [6.45, 7) is 6.80. The van der Waals surface area contributed by atoms with E-state index in [2.05, 4.69) is 12.1 Å². The topological polar surface area (TPSA) is 52.0 Å². The molecular formula is C9H16N2O. The van der Waals surface area contributed by atoms with Crippen LogP contribution in [0.5, 0.6) is 0 Å². The van der Waals surface area contributed by atoms with Crippen molar-refractivity contribution in [3.63, 3.8) is 0 Å². The van der Waals surface area contributed by atoms with Crippen LogP contribution in [0.1, 0.15) is 36.3 Å². The fraction of sp³-hybridized carbons (Fsp3) is 0.667. The second kappa shape index (κ2) is 3.72. The highest BCUT2D eigenvalue weighted by molar-refractivity contribution is 5.22. The SMILES string of the molecule is Cc1noc(C(C)CCN)c1C. The molecule has 1 rings (SSSR count). The first-order valence-electron chi connectivity index (χ1n) is 4.29. The molecule has 0 aliphatic rings. The molecular weight excluding hydrogens is 152 g/mol. The Balaban J connectivity index is 2.80. The molecule has 0 spiro atoms. The van der Waals surface area contributed by atoms with Crippen LogP contribution >= 0.6 is 0 Å². The van der Waals surface area contributed by atoms with Crippen molar-refractivity contribution in [3.8, 4) is 0 Å². The standard InChI is InChI=1S/C9H16N2O/c1-6(4-5-10)9-7(2)8(3)11-12-9/h6H,4-5,10H2,1-3H3. The first kappa shape index (κ1) is 9.26. The summed E-state index contributed by atoms with van der Waals surface area (Å²) in [7, 11) is 0. The number of aryl methyl sites for hydroxylation is 1. The highest BCUT2D eigenvalue weighted by Gasteiger charge is 2.14. The largest absolute Gasteiger partial charge is 0.361 e. The fourth-order valence-corrected chi connectivity index (χ4v) is 1.27. The van der Waals surface area contributed by atoms with Gasteiger partial charge in [0.05, 0.1) is 5.69 Å². The molecule has 0 saturated heterocycles. The molecule has 68 valence electrons. The van der Waals surface area contributed by atoms with Crippen LogP contribution in [0.15, 0.2) is 4.52 Å². The number of nitrogens with zero attached hydrogens (tertiary/aromatic N) is 1. The number of hydrogen-bond donors (Lipinski definition) is 1. The van der Waals surface area contributed by atoms with Crippen LogP contribution < -0.4 is 5.73 Å². The van der Waals surface area contributed by atoms with Gasteiger partial charge >= 0.3 is 0 Å². The average molecular weight is 168 g/mol. The van der Waals surface area contributed by atoms with Crippen LogP contribution in [0.4, 0.5) is 0 Å². The van der Waals surface area contributed by atoms with Crippen LogP contribution in [0.2, 0.25) is 0 Å². The summed E-state index contributed by atoms with van der Waals surface area (Å²) in [5, 5.41) is 3.90. The monoisotopic (exact) mass is 168 g/mol. The van der Waals surface area contributed by atoms with E-state index in [9.17, 15) is 0 Å². The van der Waals surface area contributed by atoms with Crippen molar-refractivity contribution >= 4 is 0 Å². The van der Waals surface area contributed by atoms with Crippen molar-refractivity contribution in [2.75, 3.05) is 6.54 Å². The first-order chi connectivity index (χ1) is 5.66.